The Labute approximate surface area is 88.5 Å². The minimum Gasteiger partial charge on any atom is -0.357 e. The van der Waals surface area contributed by atoms with Crippen molar-refractivity contribution in [2.24, 2.45) is 0 Å². The van der Waals surface area contributed by atoms with Gasteiger partial charge in [0, 0.05) is 23.5 Å². The van der Waals surface area contributed by atoms with E-state index < -0.39 is 0 Å². The fraction of sp³-hybridized carbons (Fsp3) is 0.250. The molecule has 2 rings (SSSR count). The molecule has 1 amide bonds. The molecule has 0 aliphatic rings. The summed E-state index contributed by atoms with van der Waals surface area (Å²) < 4.78 is 0. The smallest absolute Gasteiger partial charge is 0.221 e. The molecule has 1 aromatic heterocycles. The second kappa shape index (κ2) is 3.42. The van der Waals surface area contributed by atoms with E-state index in [2.05, 4.69) is 22.4 Å². The van der Waals surface area contributed by atoms with Crippen molar-refractivity contribution in [1.82, 2.24) is 4.98 Å². The summed E-state index contributed by atoms with van der Waals surface area (Å²) in [5, 5.41) is 3.93. The van der Waals surface area contributed by atoms with Crippen molar-refractivity contribution in [1.29, 1.82) is 0 Å². The Hall–Kier alpha value is -1.77. The SMILES string of the molecule is CC(=O)Nc1c(C)[nH]c2ccc(C)cc12. The standard InChI is InChI=1S/C12H14N2O/c1-7-4-5-11-10(6-7)12(8(2)13-11)14-9(3)15/h4-6,13H,1-3H3,(H,14,15). The summed E-state index contributed by atoms with van der Waals surface area (Å²) >= 11 is 0. The molecule has 0 spiro atoms. The van der Waals surface area contributed by atoms with Crippen LogP contribution in [-0.4, -0.2) is 10.9 Å². The number of nitrogens with one attached hydrogen (secondary N) is 2. The number of aryl methyl sites for hydroxylation is 2. The lowest BCUT2D eigenvalue weighted by atomic mass is 10.1. The average molecular weight is 202 g/mol. The van der Waals surface area contributed by atoms with Crippen molar-refractivity contribution in [3.05, 3.63) is 29.5 Å². The Kier molecular flexibility index (Phi) is 2.23. The molecule has 0 saturated carbocycles. The Bertz CT molecular complexity index is 526. The molecule has 0 fully saturated rings. The first-order valence-electron chi connectivity index (χ1n) is 4.94. The largest absolute Gasteiger partial charge is 0.357 e. The molecule has 2 N–H and O–H groups in total. The number of H-pyrrole nitrogens is 1. The second-order valence-electron chi connectivity index (χ2n) is 3.86. The molecule has 0 aliphatic carbocycles. The molecule has 15 heavy (non-hydrogen) atoms. The predicted molar refractivity (Wildman–Crippen MR) is 62.1 cm³/mol. The Balaban J connectivity index is 2.65. The maximum atomic E-state index is 11.1. The van der Waals surface area contributed by atoms with E-state index in [1.165, 1.54) is 12.5 Å². The molecule has 0 radical (unpaired) electrons. The highest BCUT2D eigenvalue weighted by Gasteiger charge is 2.08. The molecule has 1 heterocycles. The predicted octanol–water partition coefficient (Wildman–Crippen LogP) is 2.74. The van der Waals surface area contributed by atoms with E-state index in [0.29, 0.717) is 0 Å². The minimum absolute atomic E-state index is 0.0412. The summed E-state index contributed by atoms with van der Waals surface area (Å²) in [4.78, 5) is 14.3. The van der Waals surface area contributed by atoms with Gasteiger partial charge in [-0.3, -0.25) is 4.79 Å². The van der Waals surface area contributed by atoms with Crippen LogP contribution in [0.2, 0.25) is 0 Å². The number of anilines is 1. The van der Waals surface area contributed by atoms with Gasteiger partial charge < -0.3 is 10.3 Å². The number of hydrogen-bond acceptors (Lipinski definition) is 1. The van der Waals surface area contributed by atoms with Crippen LogP contribution < -0.4 is 5.32 Å². The molecular weight excluding hydrogens is 188 g/mol. The third-order valence-corrected chi connectivity index (χ3v) is 2.44. The lowest BCUT2D eigenvalue weighted by Gasteiger charge is -2.01. The molecule has 0 saturated heterocycles. The van der Waals surface area contributed by atoms with Crippen molar-refractivity contribution >= 4 is 22.5 Å². The number of aromatic nitrogens is 1. The van der Waals surface area contributed by atoms with Gasteiger partial charge in [0.25, 0.3) is 0 Å². The Morgan fingerprint density at radius 1 is 1.33 bits per heavy atom. The van der Waals surface area contributed by atoms with E-state index in [0.717, 1.165) is 22.3 Å². The topological polar surface area (TPSA) is 44.9 Å². The van der Waals surface area contributed by atoms with Gasteiger partial charge in [-0.05, 0) is 26.0 Å². The highest BCUT2D eigenvalue weighted by atomic mass is 16.1. The molecule has 0 bridgehead atoms. The van der Waals surface area contributed by atoms with Gasteiger partial charge in [-0.1, -0.05) is 11.6 Å². The van der Waals surface area contributed by atoms with Crippen molar-refractivity contribution < 1.29 is 4.79 Å². The maximum Gasteiger partial charge on any atom is 0.221 e. The highest BCUT2D eigenvalue weighted by Crippen LogP contribution is 2.27. The minimum atomic E-state index is -0.0412. The van der Waals surface area contributed by atoms with Gasteiger partial charge >= 0.3 is 0 Å². The Morgan fingerprint density at radius 2 is 2.07 bits per heavy atom. The van der Waals surface area contributed by atoms with Crippen molar-refractivity contribution in [2.75, 3.05) is 5.32 Å². The lowest BCUT2D eigenvalue weighted by molar-refractivity contribution is -0.114. The van der Waals surface area contributed by atoms with Crippen LogP contribution in [0, 0.1) is 13.8 Å². The molecule has 2 aromatic rings. The van der Waals surface area contributed by atoms with Crippen LogP contribution in [0.25, 0.3) is 10.9 Å². The molecule has 0 aliphatic heterocycles. The molecule has 3 heteroatoms. The third kappa shape index (κ3) is 1.73. The fourth-order valence-electron chi connectivity index (χ4n) is 1.78. The number of carbonyl (C=O) groups excluding carboxylic acids is 1. The van der Waals surface area contributed by atoms with Crippen LogP contribution >= 0.6 is 0 Å². The number of fused-ring (bicyclic) bond motifs is 1. The number of hydrogen-bond donors (Lipinski definition) is 2. The van der Waals surface area contributed by atoms with Gasteiger partial charge in [-0.25, -0.2) is 0 Å². The summed E-state index contributed by atoms with van der Waals surface area (Å²) in [6.07, 6.45) is 0. The maximum absolute atomic E-state index is 11.1. The molecule has 0 atom stereocenters. The molecule has 1 aromatic carbocycles. The quantitative estimate of drug-likeness (QED) is 0.733. The van der Waals surface area contributed by atoms with Crippen LogP contribution in [0.5, 0.6) is 0 Å². The van der Waals surface area contributed by atoms with Gasteiger partial charge in [0.1, 0.15) is 0 Å². The second-order valence-corrected chi connectivity index (χ2v) is 3.86. The zero-order chi connectivity index (χ0) is 11.0. The van der Waals surface area contributed by atoms with Gasteiger partial charge in [0.2, 0.25) is 5.91 Å². The number of benzene rings is 1. The van der Waals surface area contributed by atoms with Crippen molar-refractivity contribution in [3.63, 3.8) is 0 Å². The highest BCUT2D eigenvalue weighted by molar-refractivity contribution is 6.02. The van der Waals surface area contributed by atoms with E-state index in [1.54, 1.807) is 0 Å². The fourth-order valence-corrected chi connectivity index (χ4v) is 1.78. The van der Waals surface area contributed by atoms with Gasteiger partial charge in [-0.2, -0.15) is 0 Å². The normalized spacial score (nSPS) is 10.6. The Morgan fingerprint density at radius 3 is 2.73 bits per heavy atom. The summed E-state index contributed by atoms with van der Waals surface area (Å²) in [6, 6.07) is 6.16. The summed E-state index contributed by atoms with van der Waals surface area (Å²) in [7, 11) is 0. The summed E-state index contributed by atoms with van der Waals surface area (Å²) in [5.41, 5.74) is 4.13. The van der Waals surface area contributed by atoms with E-state index in [1.807, 2.05) is 19.9 Å². The number of rotatable bonds is 1. The average Bonchev–Trinajstić information content (AvgIpc) is 2.43. The van der Waals surface area contributed by atoms with E-state index in [9.17, 15) is 4.79 Å². The van der Waals surface area contributed by atoms with Gasteiger partial charge in [0.15, 0.2) is 0 Å². The van der Waals surface area contributed by atoms with Crippen LogP contribution in [-0.2, 0) is 4.79 Å². The van der Waals surface area contributed by atoms with Crippen LogP contribution in [0.1, 0.15) is 18.2 Å². The number of aromatic amines is 1. The van der Waals surface area contributed by atoms with Gasteiger partial charge in [0.05, 0.1) is 5.69 Å². The monoisotopic (exact) mass is 202 g/mol. The van der Waals surface area contributed by atoms with E-state index >= 15 is 0 Å². The first kappa shape index (κ1) is 9.77. The zero-order valence-electron chi connectivity index (χ0n) is 9.14. The van der Waals surface area contributed by atoms with Gasteiger partial charge in [-0.15, -0.1) is 0 Å². The molecule has 78 valence electrons. The van der Waals surface area contributed by atoms with Crippen LogP contribution in [0.3, 0.4) is 0 Å². The van der Waals surface area contributed by atoms with E-state index in [4.69, 9.17) is 0 Å². The number of amides is 1. The molecular formula is C12H14N2O. The van der Waals surface area contributed by atoms with Crippen LogP contribution in [0.15, 0.2) is 18.2 Å². The van der Waals surface area contributed by atoms with Crippen molar-refractivity contribution in [3.8, 4) is 0 Å². The molecule has 0 unspecified atom stereocenters. The lowest BCUT2D eigenvalue weighted by Crippen LogP contribution is -2.06. The summed E-state index contributed by atoms with van der Waals surface area (Å²) in [5.74, 6) is -0.0412. The van der Waals surface area contributed by atoms with Crippen molar-refractivity contribution in [2.45, 2.75) is 20.8 Å². The molecule has 3 nitrogen and oxygen atoms in total. The summed E-state index contributed by atoms with van der Waals surface area (Å²) in [6.45, 7) is 5.52. The van der Waals surface area contributed by atoms with Crippen LogP contribution in [0.4, 0.5) is 5.69 Å². The first-order valence-corrected chi connectivity index (χ1v) is 4.94. The first-order chi connectivity index (χ1) is 7.08. The zero-order valence-corrected chi connectivity index (χ0v) is 9.14. The number of carbonyl (C=O) groups is 1. The van der Waals surface area contributed by atoms with E-state index in [-0.39, 0.29) is 5.91 Å². The third-order valence-electron chi connectivity index (χ3n) is 2.44.